The van der Waals surface area contributed by atoms with Gasteiger partial charge in [-0.15, -0.1) is 0 Å². The maximum absolute atomic E-state index is 12.2. The van der Waals surface area contributed by atoms with Crippen LogP contribution in [0.15, 0.2) is 53.6 Å². The lowest BCUT2D eigenvalue weighted by Crippen LogP contribution is -2.27. The lowest BCUT2D eigenvalue weighted by molar-refractivity contribution is 0.564. The number of rotatable bonds is 4. The third-order valence-electron chi connectivity index (χ3n) is 2.74. The van der Waals surface area contributed by atoms with E-state index in [1.807, 2.05) is 6.07 Å². The topological polar surface area (TPSA) is 82.9 Å². The lowest BCUT2D eigenvalue weighted by atomic mass is 10.2. The number of nitrogens with one attached hydrogen (secondary N) is 1. The lowest BCUT2D eigenvalue weighted by Gasteiger charge is -2.13. The van der Waals surface area contributed by atoms with Gasteiger partial charge in [-0.05, 0) is 37.3 Å². The fraction of sp³-hybridized carbons (Fsp3) is 0.143. The summed E-state index contributed by atoms with van der Waals surface area (Å²) < 4.78 is 27.0. The zero-order valence-electron chi connectivity index (χ0n) is 10.8. The molecule has 0 spiro atoms. The Bertz CT molecular complexity index is 737. The van der Waals surface area contributed by atoms with Crippen molar-refractivity contribution >= 4 is 10.0 Å². The molecule has 1 unspecified atom stereocenters. The van der Waals surface area contributed by atoms with Crippen molar-refractivity contribution in [2.45, 2.75) is 17.9 Å². The van der Waals surface area contributed by atoms with E-state index in [4.69, 9.17) is 5.26 Å². The van der Waals surface area contributed by atoms with Crippen LogP contribution in [0.4, 0.5) is 0 Å². The Balaban J connectivity index is 2.25. The molecule has 0 aliphatic carbocycles. The second-order valence-electron chi connectivity index (χ2n) is 4.24. The third kappa shape index (κ3) is 3.20. The Morgan fingerprint density at radius 1 is 1.25 bits per heavy atom. The van der Waals surface area contributed by atoms with Gasteiger partial charge in [-0.2, -0.15) is 5.26 Å². The minimum absolute atomic E-state index is 0.0688. The Kier molecular flexibility index (Phi) is 4.13. The van der Waals surface area contributed by atoms with Crippen LogP contribution in [-0.2, 0) is 10.0 Å². The van der Waals surface area contributed by atoms with Gasteiger partial charge in [-0.3, -0.25) is 4.98 Å². The van der Waals surface area contributed by atoms with Crippen LogP contribution >= 0.6 is 0 Å². The van der Waals surface area contributed by atoms with Gasteiger partial charge >= 0.3 is 0 Å². The number of benzene rings is 1. The van der Waals surface area contributed by atoms with Gasteiger partial charge in [0, 0.05) is 6.20 Å². The van der Waals surface area contributed by atoms with Gasteiger partial charge in [0.15, 0.2) is 0 Å². The summed E-state index contributed by atoms with van der Waals surface area (Å²) in [5.74, 6) is 0. The highest BCUT2D eigenvalue weighted by Crippen LogP contribution is 2.16. The average molecular weight is 287 g/mol. The highest BCUT2D eigenvalue weighted by molar-refractivity contribution is 7.89. The smallest absolute Gasteiger partial charge is 0.241 e. The van der Waals surface area contributed by atoms with Gasteiger partial charge in [0.2, 0.25) is 10.0 Å². The molecule has 2 rings (SSSR count). The van der Waals surface area contributed by atoms with Crippen LogP contribution in [-0.4, -0.2) is 13.4 Å². The van der Waals surface area contributed by atoms with Crippen molar-refractivity contribution in [3.63, 3.8) is 0 Å². The van der Waals surface area contributed by atoms with E-state index in [1.54, 1.807) is 43.5 Å². The van der Waals surface area contributed by atoms with Crippen molar-refractivity contribution in [2.24, 2.45) is 0 Å². The van der Waals surface area contributed by atoms with Crippen molar-refractivity contribution in [3.8, 4) is 6.07 Å². The fourth-order valence-electron chi connectivity index (χ4n) is 1.73. The summed E-state index contributed by atoms with van der Waals surface area (Å²) in [4.78, 5) is 4.18. The van der Waals surface area contributed by atoms with Gasteiger partial charge < -0.3 is 0 Å². The second kappa shape index (κ2) is 5.82. The summed E-state index contributed by atoms with van der Waals surface area (Å²) in [6.45, 7) is 1.72. The molecule has 102 valence electrons. The fourth-order valence-corrected chi connectivity index (χ4v) is 2.99. The second-order valence-corrected chi connectivity index (χ2v) is 5.95. The first-order valence-corrected chi connectivity index (χ1v) is 7.44. The molecule has 0 saturated heterocycles. The van der Waals surface area contributed by atoms with Gasteiger partial charge in [-0.25, -0.2) is 13.1 Å². The van der Waals surface area contributed by atoms with Crippen LogP contribution in [0.3, 0.4) is 0 Å². The molecule has 1 N–H and O–H groups in total. The first-order chi connectivity index (χ1) is 9.53. The summed E-state index contributed by atoms with van der Waals surface area (Å²) in [6, 6.07) is 12.7. The van der Waals surface area contributed by atoms with E-state index in [0.717, 1.165) is 0 Å². The number of sulfonamides is 1. The largest absolute Gasteiger partial charge is 0.260 e. The van der Waals surface area contributed by atoms with Crippen molar-refractivity contribution in [1.82, 2.24) is 9.71 Å². The molecule has 1 aromatic carbocycles. The van der Waals surface area contributed by atoms with Crippen molar-refractivity contribution in [3.05, 3.63) is 59.9 Å². The van der Waals surface area contributed by atoms with E-state index in [-0.39, 0.29) is 4.90 Å². The molecule has 0 saturated carbocycles. The van der Waals surface area contributed by atoms with Crippen LogP contribution < -0.4 is 4.72 Å². The van der Waals surface area contributed by atoms with Crippen molar-refractivity contribution in [2.75, 3.05) is 0 Å². The predicted molar refractivity (Wildman–Crippen MR) is 74.1 cm³/mol. The standard InChI is InChI=1S/C14H13N3O2S/c1-11(14-7-2-3-8-16-14)17-20(18,19)13-6-4-5-12(9-13)10-15/h2-9,11,17H,1H3. The zero-order chi connectivity index (χ0) is 14.6. The molecule has 0 radical (unpaired) electrons. The number of pyridine rings is 1. The summed E-state index contributed by atoms with van der Waals surface area (Å²) in [7, 11) is -3.68. The summed E-state index contributed by atoms with van der Waals surface area (Å²) in [5, 5.41) is 8.81. The highest BCUT2D eigenvalue weighted by atomic mass is 32.2. The Hall–Kier alpha value is -2.23. The zero-order valence-corrected chi connectivity index (χ0v) is 11.6. The van der Waals surface area contributed by atoms with Crippen LogP contribution in [0.5, 0.6) is 0 Å². The van der Waals surface area contributed by atoms with Crippen LogP contribution in [0.25, 0.3) is 0 Å². The quantitative estimate of drug-likeness (QED) is 0.932. The monoisotopic (exact) mass is 287 g/mol. The first-order valence-electron chi connectivity index (χ1n) is 5.96. The maximum atomic E-state index is 12.2. The minimum Gasteiger partial charge on any atom is -0.260 e. The molecule has 1 heterocycles. The minimum atomic E-state index is -3.68. The van der Waals surface area contributed by atoms with Gasteiger partial charge in [0.05, 0.1) is 28.3 Å². The third-order valence-corrected chi connectivity index (χ3v) is 4.28. The Labute approximate surface area is 118 Å². The van der Waals surface area contributed by atoms with E-state index in [1.165, 1.54) is 12.1 Å². The molecular formula is C14H13N3O2S. The van der Waals surface area contributed by atoms with E-state index < -0.39 is 16.1 Å². The Morgan fingerprint density at radius 3 is 2.70 bits per heavy atom. The van der Waals surface area contributed by atoms with Crippen LogP contribution in [0.2, 0.25) is 0 Å². The highest BCUT2D eigenvalue weighted by Gasteiger charge is 2.19. The molecular weight excluding hydrogens is 274 g/mol. The molecule has 20 heavy (non-hydrogen) atoms. The molecule has 0 aliphatic heterocycles. The summed E-state index contributed by atoms with van der Waals surface area (Å²) >= 11 is 0. The summed E-state index contributed by atoms with van der Waals surface area (Å²) in [6.07, 6.45) is 1.61. The number of nitrogens with zero attached hydrogens (tertiary/aromatic N) is 2. The number of hydrogen-bond donors (Lipinski definition) is 1. The van der Waals surface area contributed by atoms with Crippen molar-refractivity contribution in [1.29, 1.82) is 5.26 Å². The van der Waals surface area contributed by atoms with E-state index in [2.05, 4.69) is 9.71 Å². The van der Waals surface area contributed by atoms with Gasteiger partial charge in [0.25, 0.3) is 0 Å². The van der Waals surface area contributed by atoms with E-state index in [0.29, 0.717) is 11.3 Å². The normalized spacial score (nSPS) is 12.6. The average Bonchev–Trinajstić information content (AvgIpc) is 2.48. The Morgan fingerprint density at radius 2 is 2.05 bits per heavy atom. The number of hydrogen-bond acceptors (Lipinski definition) is 4. The van der Waals surface area contributed by atoms with Gasteiger partial charge in [-0.1, -0.05) is 12.1 Å². The first kappa shape index (κ1) is 14.2. The number of aromatic nitrogens is 1. The molecule has 2 aromatic rings. The molecule has 0 fully saturated rings. The molecule has 1 aromatic heterocycles. The van der Waals surface area contributed by atoms with E-state index >= 15 is 0 Å². The molecule has 5 nitrogen and oxygen atoms in total. The van der Waals surface area contributed by atoms with Crippen LogP contribution in [0, 0.1) is 11.3 Å². The summed E-state index contributed by atoms with van der Waals surface area (Å²) in [5.41, 5.74) is 0.936. The number of nitriles is 1. The van der Waals surface area contributed by atoms with Gasteiger partial charge in [0.1, 0.15) is 0 Å². The molecule has 0 bridgehead atoms. The van der Waals surface area contributed by atoms with Crippen LogP contribution in [0.1, 0.15) is 24.2 Å². The van der Waals surface area contributed by atoms with Crippen molar-refractivity contribution < 1.29 is 8.42 Å². The SMILES string of the molecule is CC(NS(=O)(=O)c1cccc(C#N)c1)c1ccccn1. The molecule has 1 atom stereocenters. The maximum Gasteiger partial charge on any atom is 0.241 e. The molecule has 0 amide bonds. The predicted octanol–water partition coefficient (Wildman–Crippen LogP) is 1.99. The van der Waals surface area contributed by atoms with E-state index in [9.17, 15) is 8.42 Å². The molecule has 6 heteroatoms. The molecule has 0 aliphatic rings.